The summed E-state index contributed by atoms with van der Waals surface area (Å²) in [6.07, 6.45) is 6.45. The summed E-state index contributed by atoms with van der Waals surface area (Å²) < 4.78 is 0. The zero-order chi connectivity index (χ0) is 24.7. The predicted octanol–water partition coefficient (Wildman–Crippen LogP) is 4.34. The van der Waals surface area contributed by atoms with Gasteiger partial charge in [-0.25, -0.2) is 0 Å². The fourth-order valence-electron chi connectivity index (χ4n) is 6.53. The Kier molecular flexibility index (Phi) is 6.58. The van der Waals surface area contributed by atoms with Crippen LogP contribution in [0.1, 0.15) is 60.5 Å². The number of anilines is 1. The summed E-state index contributed by atoms with van der Waals surface area (Å²) in [6.45, 7) is 0.853. The van der Waals surface area contributed by atoms with E-state index in [1.165, 1.54) is 12.0 Å². The molecule has 3 atom stereocenters. The van der Waals surface area contributed by atoms with Crippen molar-refractivity contribution in [1.82, 2.24) is 9.80 Å². The predicted molar refractivity (Wildman–Crippen MR) is 138 cm³/mol. The van der Waals surface area contributed by atoms with E-state index in [0.29, 0.717) is 11.5 Å². The Morgan fingerprint density at radius 1 is 0.971 bits per heavy atom. The van der Waals surface area contributed by atoms with Gasteiger partial charge in [-0.1, -0.05) is 37.5 Å². The van der Waals surface area contributed by atoms with Crippen molar-refractivity contribution >= 4 is 17.5 Å². The van der Waals surface area contributed by atoms with Crippen LogP contribution in [0.25, 0.3) is 11.1 Å². The topological polar surface area (TPSA) is 64.1 Å². The molecule has 2 amide bonds. The number of likely N-dealkylation sites (N-methyl/N-ethyl adjacent to an activating group) is 1. The first-order valence-electron chi connectivity index (χ1n) is 13.0. The smallest absolute Gasteiger partial charge is 0.253 e. The highest BCUT2D eigenvalue weighted by Crippen LogP contribution is 2.50. The fraction of sp³-hybridized carbons (Fsp3) is 0.517. The number of likely N-dealkylation sites (tertiary alicyclic amines) is 1. The largest absolute Gasteiger partial charge is 0.394 e. The molecule has 2 heterocycles. The van der Waals surface area contributed by atoms with Crippen molar-refractivity contribution in [2.24, 2.45) is 11.8 Å². The number of fused-ring (bicyclic) bond motifs is 3. The summed E-state index contributed by atoms with van der Waals surface area (Å²) in [5.41, 5.74) is 5.07. The molecule has 6 heteroatoms. The molecule has 2 aromatic rings. The highest BCUT2D eigenvalue weighted by atomic mass is 16.3. The van der Waals surface area contributed by atoms with Crippen molar-refractivity contribution in [3.63, 3.8) is 0 Å². The minimum atomic E-state index is -0.00988. The van der Waals surface area contributed by atoms with Gasteiger partial charge in [-0.05, 0) is 60.2 Å². The summed E-state index contributed by atoms with van der Waals surface area (Å²) in [6, 6.07) is 14.2. The van der Waals surface area contributed by atoms with Gasteiger partial charge in [-0.2, -0.15) is 0 Å². The summed E-state index contributed by atoms with van der Waals surface area (Å²) in [7, 11) is 5.57. The molecule has 0 aromatic heterocycles. The van der Waals surface area contributed by atoms with E-state index in [0.717, 1.165) is 55.5 Å². The lowest BCUT2D eigenvalue weighted by Gasteiger charge is -2.45. The van der Waals surface area contributed by atoms with Crippen LogP contribution >= 0.6 is 0 Å². The van der Waals surface area contributed by atoms with Crippen molar-refractivity contribution in [3.8, 4) is 11.1 Å². The molecule has 0 unspecified atom stereocenters. The van der Waals surface area contributed by atoms with Crippen LogP contribution in [0.15, 0.2) is 42.5 Å². The van der Waals surface area contributed by atoms with Gasteiger partial charge in [0.15, 0.2) is 0 Å². The first-order valence-corrected chi connectivity index (χ1v) is 13.0. The normalized spacial score (nSPS) is 24.2. The first-order chi connectivity index (χ1) is 16.9. The highest BCUT2D eigenvalue weighted by molar-refractivity contribution is 5.94. The number of hydrogen-bond acceptors (Lipinski definition) is 4. The lowest BCUT2D eigenvalue weighted by Crippen LogP contribution is -2.49. The van der Waals surface area contributed by atoms with Gasteiger partial charge in [0.05, 0.1) is 18.7 Å². The van der Waals surface area contributed by atoms with Crippen molar-refractivity contribution in [3.05, 3.63) is 53.6 Å². The third-order valence-corrected chi connectivity index (χ3v) is 8.46. The second kappa shape index (κ2) is 9.65. The highest BCUT2D eigenvalue weighted by Gasteiger charge is 2.48. The molecule has 0 radical (unpaired) electrons. The van der Waals surface area contributed by atoms with Crippen LogP contribution in [0, 0.1) is 11.8 Å². The van der Waals surface area contributed by atoms with Gasteiger partial charge < -0.3 is 19.8 Å². The molecular formula is C29H37N3O3. The molecule has 2 fully saturated rings. The van der Waals surface area contributed by atoms with Crippen molar-refractivity contribution in [2.75, 3.05) is 39.2 Å². The Labute approximate surface area is 208 Å². The molecule has 1 aliphatic carbocycles. The van der Waals surface area contributed by atoms with Crippen LogP contribution < -0.4 is 4.90 Å². The molecule has 186 valence electrons. The zero-order valence-corrected chi connectivity index (χ0v) is 21.1. The number of amides is 2. The molecule has 2 aromatic carbocycles. The maximum Gasteiger partial charge on any atom is 0.253 e. The Bertz CT molecular complexity index is 1090. The van der Waals surface area contributed by atoms with E-state index in [4.69, 9.17) is 0 Å². The molecule has 1 saturated heterocycles. The van der Waals surface area contributed by atoms with Crippen molar-refractivity contribution in [1.29, 1.82) is 0 Å². The summed E-state index contributed by atoms with van der Waals surface area (Å²) in [4.78, 5) is 31.9. The van der Waals surface area contributed by atoms with E-state index < -0.39 is 0 Å². The lowest BCUT2D eigenvalue weighted by atomic mass is 9.80. The van der Waals surface area contributed by atoms with Crippen LogP contribution in [0.3, 0.4) is 0 Å². The third kappa shape index (κ3) is 4.22. The van der Waals surface area contributed by atoms with Gasteiger partial charge in [0, 0.05) is 50.8 Å². The first kappa shape index (κ1) is 23.9. The van der Waals surface area contributed by atoms with E-state index in [1.807, 2.05) is 24.3 Å². The van der Waals surface area contributed by atoms with Gasteiger partial charge >= 0.3 is 0 Å². The second-order valence-electron chi connectivity index (χ2n) is 10.7. The van der Waals surface area contributed by atoms with Gasteiger partial charge in [-0.15, -0.1) is 0 Å². The van der Waals surface area contributed by atoms with Crippen LogP contribution in [-0.2, 0) is 4.79 Å². The molecule has 3 aliphatic rings. The second-order valence-corrected chi connectivity index (χ2v) is 10.7. The minimum absolute atomic E-state index is 0.00215. The molecule has 1 N–H and O–H groups in total. The summed E-state index contributed by atoms with van der Waals surface area (Å²) in [5, 5.41) is 10.3. The Hall–Kier alpha value is -2.86. The van der Waals surface area contributed by atoms with Gasteiger partial charge in [0.25, 0.3) is 5.91 Å². The number of hydrogen-bond donors (Lipinski definition) is 1. The summed E-state index contributed by atoms with van der Waals surface area (Å²) in [5.74, 6) is 0.661. The number of benzene rings is 2. The standard InChI is InChI=1S/C29H37N3O3/c1-30(2)28(34)21-11-9-19(10-12-21)22-13-14-25-24(17-22)27-23(26(18-33)31(25)3)15-16-32(27)29(35)20-7-5-4-6-8-20/h9-14,17,20,23,26-27,33H,4-8,15-16,18H2,1-3H3/t23-,26+,27-/m1/s1. The number of rotatable bonds is 4. The third-order valence-electron chi connectivity index (χ3n) is 8.46. The lowest BCUT2D eigenvalue weighted by molar-refractivity contribution is -0.138. The number of carbonyl (C=O) groups excluding carboxylic acids is 2. The number of aliphatic hydroxyl groups excluding tert-OH is 1. The quantitative estimate of drug-likeness (QED) is 0.715. The maximum atomic E-state index is 13.7. The van der Waals surface area contributed by atoms with Crippen LogP contribution in [0.4, 0.5) is 5.69 Å². The van der Waals surface area contributed by atoms with E-state index in [-0.39, 0.29) is 36.4 Å². The van der Waals surface area contributed by atoms with Crippen LogP contribution in [-0.4, -0.2) is 67.1 Å². The van der Waals surface area contributed by atoms with Gasteiger partial charge in [0.1, 0.15) is 0 Å². The van der Waals surface area contributed by atoms with Crippen LogP contribution in [0.5, 0.6) is 0 Å². The zero-order valence-electron chi connectivity index (χ0n) is 21.1. The molecule has 0 bridgehead atoms. The number of carbonyl (C=O) groups is 2. The monoisotopic (exact) mass is 475 g/mol. The van der Waals surface area contributed by atoms with Gasteiger partial charge in [0.2, 0.25) is 5.91 Å². The van der Waals surface area contributed by atoms with E-state index >= 15 is 0 Å². The molecule has 1 saturated carbocycles. The average Bonchev–Trinajstić information content (AvgIpc) is 3.33. The molecule has 6 nitrogen and oxygen atoms in total. The van der Waals surface area contributed by atoms with Gasteiger partial charge in [-0.3, -0.25) is 9.59 Å². The summed E-state index contributed by atoms with van der Waals surface area (Å²) >= 11 is 0. The molecule has 2 aliphatic heterocycles. The van der Waals surface area contributed by atoms with Crippen LogP contribution in [0.2, 0.25) is 0 Å². The number of aliphatic hydroxyl groups is 1. The number of nitrogens with zero attached hydrogens (tertiary/aromatic N) is 3. The Morgan fingerprint density at radius 3 is 2.31 bits per heavy atom. The van der Waals surface area contributed by atoms with E-state index in [9.17, 15) is 14.7 Å². The van der Waals surface area contributed by atoms with E-state index in [2.05, 4.69) is 35.0 Å². The minimum Gasteiger partial charge on any atom is -0.394 e. The van der Waals surface area contributed by atoms with E-state index in [1.54, 1.807) is 19.0 Å². The molecule has 35 heavy (non-hydrogen) atoms. The fourth-order valence-corrected chi connectivity index (χ4v) is 6.53. The average molecular weight is 476 g/mol. The van der Waals surface area contributed by atoms with Crippen molar-refractivity contribution in [2.45, 2.75) is 50.6 Å². The Morgan fingerprint density at radius 2 is 1.66 bits per heavy atom. The molecule has 5 rings (SSSR count). The molecule has 0 spiro atoms. The Balaban J connectivity index is 1.51. The van der Waals surface area contributed by atoms with Crippen molar-refractivity contribution < 1.29 is 14.7 Å². The molecular weight excluding hydrogens is 438 g/mol. The maximum absolute atomic E-state index is 13.7. The SMILES string of the molecule is CN(C)C(=O)c1ccc(-c2ccc3c(c2)[C@H]2[C@H](CCN2C(=O)C2CCCCC2)[C@H](CO)N3C)cc1.